The number of alkyl halides is 1. The van der Waals surface area contributed by atoms with E-state index in [9.17, 15) is 9.18 Å². The SMILES string of the molecule is CC(C)(CCl)CNC(=O)c1cccc(F)c1Cl. The average Bonchev–Trinajstić information content (AvgIpc) is 2.30. The maximum Gasteiger partial charge on any atom is 0.252 e. The topological polar surface area (TPSA) is 29.1 Å². The van der Waals surface area contributed by atoms with Gasteiger partial charge in [-0.1, -0.05) is 31.5 Å². The minimum atomic E-state index is -0.601. The number of hydrogen-bond donors (Lipinski definition) is 1. The van der Waals surface area contributed by atoms with Gasteiger partial charge in [0.15, 0.2) is 0 Å². The maximum atomic E-state index is 13.1. The highest BCUT2D eigenvalue weighted by Crippen LogP contribution is 2.20. The van der Waals surface area contributed by atoms with Crippen molar-refractivity contribution in [1.82, 2.24) is 5.32 Å². The van der Waals surface area contributed by atoms with Crippen molar-refractivity contribution in [2.24, 2.45) is 5.41 Å². The molecule has 0 heterocycles. The highest BCUT2D eigenvalue weighted by atomic mass is 35.5. The zero-order valence-corrected chi connectivity index (χ0v) is 11.2. The van der Waals surface area contributed by atoms with Gasteiger partial charge in [0.25, 0.3) is 5.91 Å². The van der Waals surface area contributed by atoms with Gasteiger partial charge in [0.2, 0.25) is 0 Å². The van der Waals surface area contributed by atoms with Gasteiger partial charge >= 0.3 is 0 Å². The van der Waals surface area contributed by atoms with E-state index >= 15 is 0 Å². The Morgan fingerprint density at radius 2 is 2.12 bits per heavy atom. The molecule has 0 aliphatic carbocycles. The zero-order valence-electron chi connectivity index (χ0n) is 9.69. The van der Waals surface area contributed by atoms with Crippen LogP contribution >= 0.6 is 23.2 Å². The molecule has 0 spiro atoms. The summed E-state index contributed by atoms with van der Waals surface area (Å²) < 4.78 is 13.1. The lowest BCUT2D eigenvalue weighted by Crippen LogP contribution is -2.35. The fourth-order valence-corrected chi connectivity index (χ4v) is 1.45. The largest absolute Gasteiger partial charge is 0.351 e. The Bertz CT molecular complexity index is 421. The smallest absolute Gasteiger partial charge is 0.252 e. The molecule has 17 heavy (non-hydrogen) atoms. The Morgan fingerprint density at radius 1 is 1.47 bits per heavy atom. The second-order valence-corrected chi connectivity index (χ2v) is 5.23. The first-order valence-electron chi connectivity index (χ1n) is 5.15. The lowest BCUT2D eigenvalue weighted by atomic mass is 9.96. The minimum absolute atomic E-state index is 0.136. The molecule has 1 amide bonds. The number of nitrogens with one attached hydrogen (secondary N) is 1. The summed E-state index contributed by atoms with van der Waals surface area (Å²) in [6, 6.07) is 4.14. The molecule has 94 valence electrons. The van der Waals surface area contributed by atoms with Crippen molar-refractivity contribution in [3.8, 4) is 0 Å². The van der Waals surface area contributed by atoms with Gasteiger partial charge in [0.05, 0.1) is 10.6 Å². The summed E-state index contributed by atoms with van der Waals surface area (Å²) in [6.07, 6.45) is 0. The van der Waals surface area contributed by atoms with Gasteiger partial charge in [-0.05, 0) is 17.5 Å². The quantitative estimate of drug-likeness (QED) is 0.839. The second kappa shape index (κ2) is 5.69. The molecule has 0 saturated heterocycles. The second-order valence-electron chi connectivity index (χ2n) is 4.58. The maximum absolute atomic E-state index is 13.1. The summed E-state index contributed by atoms with van der Waals surface area (Å²) in [4.78, 5) is 11.8. The van der Waals surface area contributed by atoms with Crippen LogP contribution in [-0.2, 0) is 0 Å². The molecule has 5 heteroatoms. The third kappa shape index (κ3) is 3.86. The van der Waals surface area contributed by atoms with Crippen LogP contribution < -0.4 is 5.32 Å². The van der Waals surface area contributed by atoms with E-state index in [2.05, 4.69) is 5.32 Å². The Kier molecular flexibility index (Phi) is 4.78. The van der Waals surface area contributed by atoms with Crippen LogP contribution in [0.1, 0.15) is 24.2 Å². The molecule has 2 nitrogen and oxygen atoms in total. The Morgan fingerprint density at radius 3 is 2.71 bits per heavy atom. The van der Waals surface area contributed by atoms with Crippen LogP contribution in [0.4, 0.5) is 4.39 Å². The van der Waals surface area contributed by atoms with Crippen molar-refractivity contribution in [2.75, 3.05) is 12.4 Å². The minimum Gasteiger partial charge on any atom is -0.351 e. The number of hydrogen-bond acceptors (Lipinski definition) is 1. The molecule has 0 atom stereocenters. The summed E-state index contributed by atoms with van der Waals surface area (Å²) in [7, 11) is 0. The molecule has 1 rings (SSSR count). The van der Waals surface area contributed by atoms with E-state index in [4.69, 9.17) is 23.2 Å². The van der Waals surface area contributed by atoms with Crippen LogP contribution in [0.5, 0.6) is 0 Å². The Balaban J connectivity index is 2.74. The van der Waals surface area contributed by atoms with Crippen LogP contribution in [0.2, 0.25) is 5.02 Å². The predicted molar refractivity (Wildman–Crippen MR) is 68.2 cm³/mol. The summed E-state index contributed by atoms with van der Waals surface area (Å²) >= 11 is 11.5. The molecule has 0 aliphatic heterocycles. The number of carbonyl (C=O) groups is 1. The van der Waals surface area contributed by atoms with Crippen molar-refractivity contribution >= 4 is 29.1 Å². The number of rotatable bonds is 4. The predicted octanol–water partition coefficient (Wildman–Crippen LogP) is 3.47. The standard InChI is InChI=1S/C12H14Cl2FNO/c1-12(2,6-13)7-16-11(17)8-4-3-5-9(15)10(8)14/h3-5H,6-7H2,1-2H3,(H,16,17). The molecule has 0 aromatic heterocycles. The van der Waals surface area contributed by atoms with Gasteiger partial charge in [-0.3, -0.25) is 4.79 Å². The first-order valence-corrected chi connectivity index (χ1v) is 6.07. The molecule has 0 saturated carbocycles. The number of carbonyl (C=O) groups excluding carboxylic acids is 1. The lowest BCUT2D eigenvalue weighted by Gasteiger charge is -2.21. The van der Waals surface area contributed by atoms with Gasteiger partial charge in [0.1, 0.15) is 5.82 Å². The van der Waals surface area contributed by atoms with Crippen LogP contribution in [0, 0.1) is 11.2 Å². The van der Waals surface area contributed by atoms with Gasteiger partial charge in [-0.25, -0.2) is 4.39 Å². The summed E-state index contributed by atoms with van der Waals surface area (Å²) in [5.41, 5.74) is -0.0751. The first kappa shape index (κ1) is 14.3. The highest BCUT2D eigenvalue weighted by molar-refractivity contribution is 6.34. The molecule has 0 aliphatic rings. The third-order valence-corrected chi connectivity index (χ3v) is 3.39. The zero-order chi connectivity index (χ0) is 13.1. The van der Waals surface area contributed by atoms with Gasteiger partial charge in [0, 0.05) is 12.4 Å². The van der Waals surface area contributed by atoms with E-state index in [-0.39, 0.29) is 16.0 Å². The van der Waals surface area contributed by atoms with Crippen molar-refractivity contribution < 1.29 is 9.18 Å². The summed E-state index contributed by atoms with van der Waals surface area (Å²) in [5, 5.41) is 2.53. The van der Waals surface area contributed by atoms with Crippen LogP contribution in [0.25, 0.3) is 0 Å². The van der Waals surface area contributed by atoms with Crippen molar-refractivity contribution in [1.29, 1.82) is 0 Å². The van der Waals surface area contributed by atoms with Crippen LogP contribution in [0.15, 0.2) is 18.2 Å². The molecular formula is C12H14Cl2FNO. The monoisotopic (exact) mass is 277 g/mol. The molecule has 0 radical (unpaired) electrons. The Labute approximate surface area is 110 Å². The van der Waals surface area contributed by atoms with Crippen molar-refractivity contribution in [3.63, 3.8) is 0 Å². The van der Waals surface area contributed by atoms with Gasteiger partial charge in [-0.2, -0.15) is 0 Å². The van der Waals surface area contributed by atoms with Crippen molar-refractivity contribution in [2.45, 2.75) is 13.8 Å². The average molecular weight is 278 g/mol. The fraction of sp³-hybridized carbons (Fsp3) is 0.417. The van der Waals surface area contributed by atoms with Crippen LogP contribution in [0.3, 0.4) is 0 Å². The number of amides is 1. The summed E-state index contributed by atoms with van der Waals surface area (Å²) in [5.74, 6) is -0.576. The molecule has 1 aromatic rings. The Hall–Kier alpha value is -0.800. The van der Waals surface area contributed by atoms with Gasteiger partial charge in [-0.15, -0.1) is 11.6 Å². The van der Waals surface area contributed by atoms with Crippen molar-refractivity contribution in [3.05, 3.63) is 34.6 Å². The number of halogens is 3. The van der Waals surface area contributed by atoms with Crippen LogP contribution in [-0.4, -0.2) is 18.3 Å². The lowest BCUT2D eigenvalue weighted by molar-refractivity contribution is 0.0939. The molecular weight excluding hydrogens is 264 g/mol. The first-order chi connectivity index (χ1) is 7.87. The molecule has 0 unspecified atom stereocenters. The summed E-state index contributed by atoms with van der Waals surface area (Å²) in [6.45, 7) is 4.25. The van der Waals surface area contributed by atoms with E-state index in [0.717, 1.165) is 0 Å². The normalized spacial score (nSPS) is 11.4. The van der Waals surface area contributed by atoms with E-state index in [1.54, 1.807) is 0 Å². The van der Waals surface area contributed by atoms with E-state index in [0.29, 0.717) is 12.4 Å². The van der Waals surface area contributed by atoms with E-state index in [1.165, 1.54) is 18.2 Å². The highest BCUT2D eigenvalue weighted by Gasteiger charge is 2.19. The molecule has 0 bridgehead atoms. The van der Waals surface area contributed by atoms with E-state index < -0.39 is 11.7 Å². The van der Waals surface area contributed by atoms with E-state index in [1.807, 2.05) is 13.8 Å². The molecule has 1 N–H and O–H groups in total. The fourth-order valence-electron chi connectivity index (χ4n) is 1.14. The molecule has 1 aromatic carbocycles. The van der Waals surface area contributed by atoms with Gasteiger partial charge < -0.3 is 5.32 Å². The molecule has 0 fully saturated rings. The number of benzene rings is 1. The third-order valence-electron chi connectivity index (χ3n) is 2.29.